The Hall–Kier alpha value is -1.42. The van der Waals surface area contributed by atoms with E-state index in [1.165, 1.54) is 0 Å². The lowest BCUT2D eigenvalue weighted by Crippen LogP contribution is -2.02. The van der Waals surface area contributed by atoms with Crippen molar-refractivity contribution in [1.82, 2.24) is 9.55 Å². The van der Waals surface area contributed by atoms with Crippen molar-refractivity contribution >= 4 is 17.1 Å². The standard InChI is InChI=1S/C10H10N2OS/c1-12-5-9(11-7-12)10(13)4-8-2-3-14-6-8/h2-3,5-7H,4H2,1H3. The van der Waals surface area contributed by atoms with Gasteiger partial charge in [0.15, 0.2) is 5.78 Å². The minimum atomic E-state index is 0.0731. The summed E-state index contributed by atoms with van der Waals surface area (Å²) < 4.78 is 1.78. The number of Topliss-reactive ketones (excluding diaryl/α,β-unsaturated/α-hetero) is 1. The number of nitrogens with zero attached hydrogens (tertiary/aromatic N) is 2. The summed E-state index contributed by atoms with van der Waals surface area (Å²) >= 11 is 1.60. The van der Waals surface area contributed by atoms with Crippen molar-refractivity contribution < 1.29 is 4.79 Å². The summed E-state index contributed by atoms with van der Waals surface area (Å²) in [6.45, 7) is 0. The van der Waals surface area contributed by atoms with E-state index in [1.54, 1.807) is 28.4 Å². The Morgan fingerprint density at radius 2 is 2.50 bits per heavy atom. The highest BCUT2D eigenvalue weighted by molar-refractivity contribution is 7.08. The average Bonchev–Trinajstić information content (AvgIpc) is 2.75. The lowest BCUT2D eigenvalue weighted by Gasteiger charge is -1.93. The topological polar surface area (TPSA) is 34.9 Å². The van der Waals surface area contributed by atoms with Crippen LogP contribution in [0.1, 0.15) is 16.1 Å². The summed E-state index contributed by atoms with van der Waals surface area (Å²) in [4.78, 5) is 15.7. The molecule has 4 heteroatoms. The molecular formula is C10H10N2OS. The normalized spacial score (nSPS) is 10.4. The number of thiophene rings is 1. The van der Waals surface area contributed by atoms with Crippen LogP contribution in [0.3, 0.4) is 0 Å². The maximum absolute atomic E-state index is 11.7. The van der Waals surface area contributed by atoms with Crippen LogP contribution in [0.4, 0.5) is 0 Å². The van der Waals surface area contributed by atoms with Gasteiger partial charge < -0.3 is 4.57 Å². The van der Waals surface area contributed by atoms with Gasteiger partial charge in [0.25, 0.3) is 0 Å². The molecule has 0 bridgehead atoms. The molecule has 2 rings (SSSR count). The Morgan fingerprint density at radius 1 is 1.64 bits per heavy atom. The minimum absolute atomic E-state index is 0.0731. The molecule has 0 fully saturated rings. The molecule has 0 atom stereocenters. The summed E-state index contributed by atoms with van der Waals surface area (Å²) in [5.74, 6) is 0.0731. The molecule has 72 valence electrons. The fourth-order valence-electron chi connectivity index (χ4n) is 1.23. The number of carbonyl (C=O) groups excluding carboxylic acids is 1. The lowest BCUT2D eigenvalue weighted by molar-refractivity contribution is 0.0988. The molecule has 3 nitrogen and oxygen atoms in total. The van der Waals surface area contributed by atoms with Crippen LogP contribution in [-0.4, -0.2) is 15.3 Å². The van der Waals surface area contributed by atoms with Gasteiger partial charge in [0.05, 0.1) is 6.33 Å². The number of carbonyl (C=O) groups is 1. The first-order valence-corrected chi connectivity index (χ1v) is 5.22. The van der Waals surface area contributed by atoms with E-state index in [0.29, 0.717) is 12.1 Å². The highest BCUT2D eigenvalue weighted by atomic mass is 32.1. The number of aromatic nitrogens is 2. The summed E-state index contributed by atoms with van der Waals surface area (Å²) in [7, 11) is 1.86. The molecule has 0 N–H and O–H groups in total. The fourth-order valence-corrected chi connectivity index (χ4v) is 1.89. The number of ketones is 1. The summed E-state index contributed by atoms with van der Waals surface area (Å²) in [6, 6.07) is 1.96. The van der Waals surface area contributed by atoms with E-state index < -0.39 is 0 Å². The molecule has 0 saturated heterocycles. The Bertz CT molecular complexity index is 431. The number of aryl methyl sites for hydroxylation is 1. The van der Waals surface area contributed by atoms with Gasteiger partial charge in [-0.3, -0.25) is 4.79 Å². The maximum Gasteiger partial charge on any atom is 0.187 e. The first-order valence-electron chi connectivity index (χ1n) is 4.28. The predicted molar refractivity (Wildman–Crippen MR) is 55.6 cm³/mol. The molecule has 0 aromatic carbocycles. The van der Waals surface area contributed by atoms with Crippen molar-refractivity contribution in [3.63, 3.8) is 0 Å². The van der Waals surface area contributed by atoms with Gasteiger partial charge in [-0.25, -0.2) is 4.98 Å². The molecule has 14 heavy (non-hydrogen) atoms. The first-order chi connectivity index (χ1) is 6.75. The Morgan fingerprint density at radius 3 is 3.07 bits per heavy atom. The molecule has 2 aromatic rings. The number of hydrogen-bond acceptors (Lipinski definition) is 3. The van der Waals surface area contributed by atoms with Gasteiger partial charge in [0.1, 0.15) is 5.69 Å². The molecule has 0 aliphatic heterocycles. The van der Waals surface area contributed by atoms with Crippen LogP contribution in [0, 0.1) is 0 Å². The Labute approximate surface area is 86.0 Å². The van der Waals surface area contributed by atoms with Gasteiger partial charge in [-0.2, -0.15) is 11.3 Å². The Kier molecular flexibility index (Phi) is 2.45. The molecule has 0 aliphatic carbocycles. The van der Waals surface area contributed by atoms with E-state index in [-0.39, 0.29) is 5.78 Å². The largest absolute Gasteiger partial charge is 0.340 e. The van der Waals surface area contributed by atoms with Crippen molar-refractivity contribution in [2.24, 2.45) is 7.05 Å². The van der Waals surface area contributed by atoms with Crippen LogP contribution in [0.5, 0.6) is 0 Å². The first kappa shape index (κ1) is 9.15. The third-order valence-electron chi connectivity index (χ3n) is 1.94. The third-order valence-corrected chi connectivity index (χ3v) is 2.67. The Balaban J connectivity index is 2.10. The van der Waals surface area contributed by atoms with E-state index >= 15 is 0 Å². The molecule has 0 amide bonds. The van der Waals surface area contributed by atoms with Crippen molar-refractivity contribution in [2.75, 3.05) is 0 Å². The summed E-state index contributed by atoms with van der Waals surface area (Å²) in [6.07, 6.45) is 3.83. The van der Waals surface area contributed by atoms with Crippen LogP contribution in [0.25, 0.3) is 0 Å². The highest BCUT2D eigenvalue weighted by Crippen LogP contribution is 2.09. The fraction of sp³-hybridized carbons (Fsp3) is 0.200. The van der Waals surface area contributed by atoms with Gasteiger partial charge in [-0.15, -0.1) is 0 Å². The molecule has 2 heterocycles. The second kappa shape index (κ2) is 3.75. The van der Waals surface area contributed by atoms with Crippen molar-refractivity contribution in [3.05, 3.63) is 40.6 Å². The van der Waals surface area contributed by atoms with Crippen molar-refractivity contribution in [1.29, 1.82) is 0 Å². The average molecular weight is 206 g/mol. The van der Waals surface area contributed by atoms with E-state index in [1.807, 2.05) is 23.9 Å². The quantitative estimate of drug-likeness (QED) is 0.719. The van der Waals surface area contributed by atoms with Gasteiger partial charge in [-0.1, -0.05) is 0 Å². The van der Waals surface area contributed by atoms with Crippen LogP contribution in [0.2, 0.25) is 0 Å². The van der Waals surface area contributed by atoms with Gasteiger partial charge in [0, 0.05) is 19.7 Å². The van der Waals surface area contributed by atoms with Gasteiger partial charge in [-0.05, 0) is 22.4 Å². The molecule has 0 unspecified atom stereocenters. The molecule has 0 aliphatic rings. The maximum atomic E-state index is 11.7. The molecule has 0 saturated carbocycles. The van der Waals surface area contributed by atoms with Crippen LogP contribution in [-0.2, 0) is 13.5 Å². The zero-order chi connectivity index (χ0) is 9.97. The van der Waals surface area contributed by atoms with Crippen molar-refractivity contribution in [2.45, 2.75) is 6.42 Å². The number of rotatable bonds is 3. The molecule has 0 spiro atoms. The summed E-state index contributed by atoms with van der Waals surface area (Å²) in [5, 5.41) is 3.96. The zero-order valence-electron chi connectivity index (χ0n) is 7.80. The third kappa shape index (κ3) is 1.90. The van der Waals surface area contributed by atoms with Crippen LogP contribution < -0.4 is 0 Å². The van der Waals surface area contributed by atoms with E-state index in [4.69, 9.17) is 0 Å². The second-order valence-electron chi connectivity index (χ2n) is 3.16. The van der Waals surface area contributed by atoms with Crippen LogP contribution >= 0.6 is 11.3 Å². The zero-order valence-corrected chi connectivity index (χ0v) is 8.62. The van der Waals surface area contributed by atoms with E-state index in [0.717, 1.165) is 5.56 Å². The predicted octanol–water partition coefficient (Wildman–Crippen LogP) is 1.91. The smallest absolute Gasteiger partial charge is 0.187 e. The summed E-state index contributed by atoms with van der Waals surface area (Å²) in [5.41, 5.74) is 1.60. The van der Waals surface area contributed by atoms with Crippen LogP contribution in [0.15, 0.2) is 29.4 Å². The van der Waals surface area contributed by atoms with Gasteiger partial charge >= 0.3 is 0 Å². The molecule has 0 radical (unpaired) electrons. The SMILES string of the molecule is Cn1cnc(C(=O)Cc2ccsc2)c1. The highest BCUT2D eigenvalue weighted by Gasteiger charge is 2.09. The van der Waals surface area contributed by atoms with Crippen molar-refractivity contribution in [3.8, 4) is 0 Å². The molecular weight excluding hydrogens is 196 g/mol. The minimum Gasteiger partial charge on any atom is -0.340 e. The molecule has 2 aromatic heterocycles. The number of hydrogen-bond donors (Lipinski definition) is 0. The van der Waals surface area contributed by atoms with Gasteiger partial charge in [0.2, 0.25) is 0 Å². The monoisotopic (exact) mass is 206 g/mol. The van der Waals surface area contributed by atoms with E-state index in [2.05, 4.69) is 4.98 Å². The second-order valence-corrected chi connectivity index (χ2v) is 3.94. The lowest BCUT2D eigenvalue weighted by atomic mass is 10.1. The van der Waals surface area contributed by atoms with E-state index in [9.17, 15) is 4.79 Å². The number of imidazole rings is 1.